The number of para-hydroxylation sites is 1. The molecule has 1 aromatic rings. The van der Waals surface area contributed by atoms with Crippen LogP contribution in [-0.4, -0.2) is 29.3 Å². The topological polar surface area (TPSA) is 49.4 Å². The van der Waals surface area contributed by atoms with E-state index in [9.17, 15) is 9.59 Å². The first kappa shape index (κ1) is 10.1. The van der Waals surface area contributed by atoms with Crippen molar-refractivity contribution in [2.45, 2.75) is 25.3 Å². The average Bonchev–Trinajstić information content (AvgIpc) is 3.01. The zero-order chi connectivity index (χ0) is 12.3. The molecule has 92 valence electrons. The summed E-state index contributed by atoms with van der Waals surface area (Å²) in [6.45, 7) is 0.748. The molecule has 1 saturated carbocycles. The van der Waals surface area contributed by atoms with Crippen LogP contribution in [0, 0.1) is 5.41 Å². The molecular formula is C14H14N2O2. The third-order valence-electron chi connectivity index (χ3n) is 4.44. The molecule has 0 aromatic heterocycles. The largest absolute Gasteiger partial charge is 0.326 e. The Morgan fingerprint density at radius 1 is 1.22 bits per heavy atom. The van der Waals surface area contributed by atoms with Crippen molar-refractivity contribution < 1.29 is 9.59 Å². The number of hydrogen-bond acceptors (Lipinski definition) is 2. The molecule has 2 heterocycles. The van der Waals surface area contributed by atoms with Gasteiger partial charge in [-0.05, 0) is 36.8 Å². The summed E-state index contributed by atoms with van der Waals surface area (Å²) in [5.74, 6) is -0.0326. The first-order valence-corrected chi connectivity index (χ1v) is 6.39. The van der Waals surface area contributed by atoms with E-state index in [0.717, 1.165) is 25.8 Å². The molecule has 0 radical (unpaired) electrons. The molecule has 1 aromatic carbocycles. The number of fused-ring (bicyclic) bond motifs is 2. The number of anilines is 1. The predicted octanol–water partition coefficient (Wildman–Crippen LogP) is 1.63. The number of rotatable bonds is 0. The van der Waals surface area contributed by atoms with Gasteiger partial charge in [0.25, 0.3) is 5.91 Å². The molecule has 2 fully saturated rings. The molecule has 2 amide bonds. The average molecular weight is 242 g/mol. The summed E-state index contributed by atoms with van der Waals surface area (Å²) < 4.78 is 0. The molecular weight excluding hydrogens is 228 g/mol. The number of benzene rings is 1. The molecule has 1 N–H and O–H groups in total. The van der Waals surface area contributed by atoms with E-state index in [-0.39, 0.29) is 23.3 Å². The maximum absolute atomic E-state index is 12.5. The van der Waals surface area contributed by atoms with Crippen molar-refractivity contribution in [1.29, 1.82) is 0 Å². The Kier molecular flexibility index (Phi) is 1.76. The first-order valence-electron chi connectivity index (χ1n) is 6.39. The highest BCUT2D eigenvalue weighted by atomic mass is 16.2. The molecule has 1 unspecified atom stereocenters. The number of amides is 2. The van der Waals surface area contributed by atoms with E-state index in [0.29, 0.717) is 11.3 Å². The summed E-state index contributed by atoms with van der Waals surface area (Å²) in [5.41, 5.74) is 1.52. The van der Waals surface area contributed by atoms with Gasteiger partial charge in [-0.1, -0.05) is 12.1 Å². The molecule has 1 spiro atoms. The summed E-state index contributed by atoms with van der Waals surface area (Å²) >= 11 is 0. The van der Waals surface area contributed by atoms with Crippen molar-refractivity contribution >= 4 is 17.5 Å². The van der Waals surface area contributed by atoms with Crippen molar-refractivity contribution in [3.05, 3.63) is 29.8 Å². The molecule has 4 heteroatoms. The number of hydrogen-bond donors (Lipinski definition) is 1. The molecule has 4 nitrogen and oxygen atoms in total. The number of carbonyl (C=O) groups is 2. The zero-order valence-electron chi connectivity index (χ0n) is 9.98. The van der Waals surface area contributed by atoms with Crippen molar-refractivity contribution in [1.82, 2.24) is 4.90 Å². The summed E-state index contributed by atoms with van der Waals surface area (Å²) in [4.78, 5) is 26.5. The highest BCUT2D eigenvalue weighted by Gasteiger charge is 2.56. The van der Waals surface area contributed by atoms with Gasteiger partial charge < -0.3 is 10.2 Å². The van der Waals surface area contributed by atoms with Crippen LogP contribution >= 0.6 is 0 Å². The Bertz CT molecular complexity index is 563. The normalized spacial score (nSPS) is 27.6. The van der Waals surface area contributed by atoms with Crippen LogP contribution in [0.5, 0.6) is 0 Å². The van der Waals surface area contributed by atoms with Crippen LogP contribution in [0.2, 0.25) is 0 Å². The minimum Gasteiger partial charge on any atom is -0.326 e. The Morgan fingerprint density at radius 3 is 2.78 bits per heavy atom. The molecule has 1 aliphatic carbocycles. The Labute approximate surface area is 105 Å². The van der Waals surface area contributed by atoms with Gasteiger partial charge in [0.2, 0.25) is 5.91 Å². The predicted molar refractivity (Wildman–Crippen MR) is 66.2 cm³/mol. The molecule has 1 saturated heterocycles. The lowest BCUT2D eigenvalue weighted by atomic mass is 10.0. The molecule has 4 rings (SSSR count). The van der Waals surface area contributed by atoms with Crippen LogP contribution in [0.1, 0.15) is 29.6 Å². The van der Waals surface area contributed by atoms with Gasteiger partial charge >= 0.3 is 0 Å². The van der Waals surface area contributed by atoms with Gasteiger partial charge in [-0.15, -0.1) is 0 Å². The van der Waals surface area contributed by atoms with Gasteiger partial charge in [0, 0.05) is 6.54 Å². The van der Waals surface area contributed by atoms with Gasteiger partial charge in [-0.3, -0.25) is 9.59 Å². The lowest BCUT2D eigenvalue weighted by molar-refractivity contribution is -0.119. The van der Waals surface area contributed by atoms with Crippen molar-refractivity contribution in [3.8, 4) is 0 Å². The van der Waals surface area contributed by atoms with Crippen LogP contribution < -0.4 is 5.32 Å². The Morgan fingerprint density at radius 2 is 2.00 bits per heavy atom. The second-order valence-electron chi connectivity index (χ2n) is 5.69. The lowest BCUT2D eigenvalue weighted by Gasteiger charge is -2.20. The van der Waals surface area contributed by atoms with Gasteiger partial charge in [-0.25, -0.2) is 0 Å². The highest BCUT2D eigenvalue weighted by molar-refractivity contribution is 6.10. The van der Waals surface area contributed by atoms with E-state index in [1.54, 1.807) is 17.0 Å². The van der Waals surface area contributed by atoms with Gasteiger partial charge in [0.15, 0.2) is 0 Å². The second-order valence-corrected chi connectivity index (χ2v) is 5.69. The van der Waals surface area contributed by atoms with Gasteiger partial charge in [-0.2, -0.15) is 0 Å². The van der Waals surface area contributed by atoms with Gasteiger partial charge in [0.1, 0.15) is 6.04 Å². The zero-order valence-corrected chi connectivity index (χ0v) is 9.98. The summed E-state index contributed by atoms with van der Waals surface area (Å²) in [6.07, 6.45) is 3.14. The van der Waals surface area contributed by atoms with Crippen molar-refractivity contribution in [3.63, 3.8) is 0 Å². The van der Waals surface area contributed by atoms with Crippen molar-refractivity contribution in [2.75, 3.05) is 11.9 Å². The molecule has 0 bridgehead atoms. The number of nitrogens with one attached hydrogen (secondary N) is 1. The lowest BCUT2D eigenvalue weighted by Crippen LogP contribution is -2.40. The monoisotopic (exact) mass is 242 g/mol. The minimum absolute atomic E-state index is 0.00211. The minimum atomic E-state index is -0.271. The first-order chi connectivity index (χ1) is 8.69. The molecule has 1 atom stereocenters. The highest BCUT2D eigenvalue weighted by Crippen LogP contribution is 2.55. The summed E-state index contributed by atoms with van der Waals surface area (Å²) in [7, 11) is 0. The van der Waals surface area contributed by atoms with Crippen LogP contribution in [0.4, 0.5) is 5.69 Å². The maximum Gasteiger partial charge on any atom is 0.256 e. The third-order valence-corrected chi connectivity index (χ3v) is 4.44. The molecule has 2 aliphatic heterocycles. The van der Waals surface area contributed by atoms with Crippen LogP contribution in [0.15, 0.2) is 24.3 Å². The van der Waals surface area contributed by atoms with E-state index in [2.05, 4.69) is 5.32 Å². The fraction of sp³-hybridized carbons (Fsp3) is 0.429. The van der Waals surface area contributed by atoms with Crippen LogP contribution in [0.25, 0.3) is 0 Å². The maximum atomic E-state index is 12.5. The van der Waals surface area contributed by atoms with E-state index in [1.165, 1.54) is 0 Å². The fourth-order valence-corrected chi connectivity index (χ4v) is 3.19. The SMILES string of the molecule is O=C1Nc2ccccc2C(=O)N2CC3(CC3)CC12. The standard InChI is InChI=1S/C14H14N2O2/c17-12-11-7-14(5-6-14)8-16(11)13(18)9-3-1-2-4-10(9)15-12/h1-4,11H,5-8H2,(H,15,17). The third kappa shape index (κ3) is 1.26. The van der Waals surface area contributed by atoms with E-state index in [1.807, 2.05) is 12.1 Å². The van der Waals surface area contributed by atoms with E-state index in [4.69, 9.17) is 0 Å². The summed E-state index contributed by atoms with van der Waals surface area (Å²) in [6, 6.07) is 6.99. The fourth-order valence-electron chi connectivity index (χ4n) is 3.19. The van der Waals surface area contributed by atoms with Crippen molar-refractivity contribution in [2.24, 2.45) is 5.41 Å². The molecule has 18 heavy (non-hydrogen) atoms. The number of carbonyl (C=O) groups excluding carboxylic acids is 2. The Hall–Kier alpha value is -1.84. The number of nitrogens with zero attached hydrogens (tertiary/aromatic N) is 1. The van der Waals surface area contributed by atoms with Gasteiger partial charge in [0.05, 0.1) is 11.3 Å². The van der Waals surface area contributed by atoms with E-state index < -0.39 is 0 Å². The van der Waals surface area contributed by atoms with E-state index >= 15 is 0 Å². The molecule has 3 aliphatic rings. The van der Waals surface area contributed by atoms with Crippen LogP contribution in [0.3, 0.4) is 0 Å². The second kappa shape index (κ2) is 3.13. The Balaban J connectivity index is 1.80. The summed E-state index contributed by atoms with van der Waals surface area (Å²) in [5, 5.41) is 2.89. The van der Waals surface area contributed by atoms with Crippen LogP contribution in [-0.2, 0) is 4.79 Å². The quantitative estimate of drug-likeness (QED) is 0.751. The smallest absolute Gasteiger partial charge is 0.256 e.